The Morgan fingerprint density at radius 1 is 1.10 bits per heavy atom. The third-order valence-corrected chi connectivity index (χ3v) is 6.39. The van der Waals surface area contributed by atoms with Gasteiger partial charge in [0.05, 0.1) is 16.7 Å². The zero-order chi connectivity index (χ0) is 20.7. The Morgan fingerprint density at radius 3 is 2.63 bits per heavy atom. The highest BCUT2D eigenvalue weighted by molar-refractivity contribution is 6.31. The van der Waals surface area contributed by atoms with E-state index in [4.69, 9.17) is 21.6 Å². The van der Waals surface area contributed by atoms with Gasteiger partial charge in [0.15, 0.2) is 0 Å². The minimum atomic E-state index is 0.258. The second kappa shape index (κ2) is 7.89. The maximum atomic E-state index is 9.74. The molecule has 0 unspecified atom stereocenters. The molecule has 2 aromatic carbocycles. The number of benzene rings is 2. The van der Waals surface area contributed by atoms with Gasteiger partial charge in [0.2, 0.25) is 0 Å². The summed E-state index contributed by atoms with van der Waals surface area (Å²) in [6.45, 7) is 5.11. The van der Waals surface area contributed by atoms with E-state index in [2.05, 4.69) is 16.0 Å². The van der Waals surface area contributed by atoms with E-state index < -0.39 is 0 Å². The van der Waals surface area contributed by atoms with Crippen molar-refractivity contribution in [1.29, 1.82) is 0 Å². The molecular formula is C24H25ClN4O. The fourth-order valence-corrected chi connectivity index (χ4v) is 4.71. The third-order valence-electron chi connectivity index (χ3n) is 6.16. The average Bonchev–Trinajstić information content (AvgIpc) is 3.14. The molecule has 0 spiro atoms. The Labute approximate surface area is 180 Å². The number of aromatic hydroxyl groups is 1. The number of fused-ring (bicyclic) bond motifs is 3. The molecule has 5 nitrogen and oxygen atoms in total. The maximum absolute atomic E-state index is 9.74. The minimum Gasteiger partial charge on any atom is -0.508 e. The molecule has 0 amide bonds. The van der Waals surface area contributed by atoms with Gasteiger partial charge in [-0.2, -0.15) is 0 Å². The lowest BCUT2D eigenvalue weighted by Gasteiger charge is -2.23. The second-order valence-electron chi connectivity index (χ2n) is 8.17. The van der Waals surface area contributed by atoms with Crippen molar-refractivity contribution in [3.63, 3.8) is 0 Å². The molecule has 30 heavy (non-hydrogen) atoms. The molecule has 2 aromatic heterocycles. The first-order valence-electron chi connectivity index (χ1n) is 10.6. The molecule has 3 heterocycles. The largest absolute Gasteiger partial charge is 0.508 e. The molecule has 154 valence electrons. The van der Waals surface area contributed by atoms with Crippen LogP contribution in [0.15, 0.2) is 42.5 Å². The normalized spacial score (nSPS) is 15.3. The zero-order valence-electron chi connectivity index (χ0n) is 17.0. The number of piperidine rings is 1. The quantitative estimate of drug-likeness (QED) is 0.469. The predicted molar refractivity (Wildman–Crippen MR) is 122 cm³/mol. The average molecular weight is 421 g/mol. The summed E-state index contributed by atoms with van der Waals surface area (Å²) in [7, 11) is 0. The number of phenolic OH excluding ortho intramolecular Hbond substituents is 1. The number of aromatic nitrogens is 3. The van der Waals surface area contributed by atoms with Crippen LogP contribution in [0.5, 0.6) is 5.75 Å². The molecular weight excluding hydrogens is 396 g/mol. The molecule has 1 saturated heterocycles. The monoisotopic (exact) mass is 420 g/mol. The van der Waals surface area contributed by atoms with E-state index in [9.17, 15) is 5.11 Å². The van der Waals surface area contributed by atoms with Gasteiger partial charge in [-0.15, -0.1) is 0 Å². The Kier molecular flexibility index (Phi) is 5.09. The molecule has 0 bridgehead atoms. The molecule has 1 aliphatic rings. The number of hydrogen-bond acceptors (Lipinski definition) is 4. The maximum Gasteiger partial charge on any atom is 0.141 e. The van der Waals surface area contributed by atoms with Crippen LogP contribution in [-0.2, 0) is 6.54 Å². The van der Waals surface area contributed by atoms with Crippen LogP contribution in [0.1, 0.15) is 25.0 Å². The summed E-state index contributed by atoms with van der Waals surface area (Å²) in [4.78, 5) is 9.79. The molecule has 0 saturated carbocycles. The van der Waals surface area contributed by atoms with Crippen molar-refractivity contribution in [2.75, 3.05) is 13.1 Å². The van der Waals surface area contributed by atoms with E-state index in [0.29, 0.717) is 5.02 Å². The predicted octanol–water partition coefficient (Wildman–Crippen LogP) is 5.31. The SMILES string of the molecule is Cc1nc2cc(Cl)ccc2c2c1nc(-c1ccc(O)cc1)n2CCC1CCNCC1. The van der Waals surface area contributed by atoms with E-state index in [-0.39, 0.29) is 5.75 Å². The van der Waals surface area contributed by atoms with E-state index in [1.54, 1.807) is 12.1 Å². The number of nitrogens with zero attached hydrogens (tertiary/aromatic N) is 3. The van der Waals surface area contributed by atoms with Gasteiger partial charge in [-0.25, -0.2) is 4.98 Å². The molecule has 0 aliphatic carbocycles. The third kappa shape index (κ3) is 3.53. The van der Waals surface area contributed by atoms with Crippen LogP contribution in [0.2, 0.25) is 5.02 Å². The number of nitrogens with one attached hydrogen (secondary N) is 1. The molecule has 5 rings (SSSR count). The Balaban J connectivity index is 1.70. The molecule has 2 N–H and O–H groups in total. The van der Waals surface area contributed by atoms with Crippen molar-refractivity contribution >= 4 is 33.5 Å². The van der Waals surface area contributed by atoms with Crippen LogP contribution in [0, 0.1) is 12.8 Å². The van der Waals surface area contributed by atoms with Gasteiger partial charge in [-0.3, -0.25) is 4.98 Å². The summed E-state index contributed by atoms with van der Waals surface area (Å²) in [6.07, 6.45) is 3.56. The van der Waals surface area contributed by atoms with Crippen molar-refractivity contribution in [3.05, 3.63) is 53.2 Å². The van der Waals surface area contributed by atoms with Gasteiger partial charge in [0.25, 0.3) is 0 Å². The van der Waals surface area contributed by atoms with Gasteiger partial charge in [-0.1, -0.05) is 11.6 Å². The first-order valence-corrected chi connectivity index (χ1v) is 10.9. The van der Waals surface area contributed by atoms with E-state index >= 15 is 0 Å². The number of hydrogen-bond donors (Lipinski definition) is 2. The van der Waals surface area contributed by atoms with Gasteiger partial charge in [0.1, 0.15) is 17.1 Å². The standard InChI is InChI=1S/C24H25ClN4O/c1-15-22-23(20-7-4-18(25)14-21(20)27-15)29(13-10-16-8-11-26-12-9-16)24(28-22)17-2-5-19(30)6-3-17/h2-7,14,16,26,30H,8-13H2,1H3. The molecule has 6 heteroatoms. The molecule has 0 radical (unpaired) electrons. The lowest BCUT2D eigenvalue weighted by atomic mass is 9.94. The first kappa shape index (κ1) is 19.3. The number of halogens is 1. The summed E-state index contributed by atoms with van der Waals surface area (Å²) in [6, 6.07) is 13.2. The first-order chi connectivity index (χ1) is 14.6. The van der Waals surface area contributed by atoms with Crippen molar-refractivity contribution in [3.8, 4) is 17.1 Å². The summed E-state index contributed by atoms with van der Waals surface area (Å²) < 4.78 is 2.34. The van der Waals surface area contributed by atoms with Crippen molar-refractivity contribution in [2.45, 2.75) is 32.7 Å². The lowest BCUT2D eigenvalue weighted by molar-refractivity contribution is 0.340. The van der Waals surface area contributed by atoms with Crippen molar-refractivity contribution in [1.82, 2.24) is 19.9 Å². The number of rotatable bonds is 4. The molecule has 1 aliphatic heterocycles. The van der Waals surface area contributed by atoms with Crippen LogP contribution in [0.4, 0.5) is 0 Å². The van der Waals surface area contributed by atoms with Gasteiger partial charge in [-0.05, 0) is 87.7 Å². The Hall–Kier alpha value is -2.63. The minimum absolute atomic E-state index is 0.258. The van der Waals surface area contributed by atoms with Crippen LogP contribution in [0.25, 0.3) is 33.3 Å². The molecule has 1 fully saturated rings. The van der Waals surface area contributed by atoms with Crippen LogP contribution >= 0.6 is 11.6 Å². The number of imidazole rings is 1. The highest BCUT2D eigenvalue weighted by Gasteiger charge is 2.20. The summed E-state index contributed by atoms with van der Waals surface area (Å²) in [5, 5.41) is 15.0. The number of phenols is 1. The number of aryl methyl sites for hydroxylation is 2. The van der Waals surface area contributed by atoms with E-state index in [1.807, 2.05) is 31.2 Å². The van der Waals surface area contributed by atoms with Gasteiger partial charge < -0.3 is 15.0 Å². The van der Waals surface area contributed by atoms with Gasteiger partial charge >= 0.3 is 0 Å². The lowest BCUT2D eigenvalue weighted by Crippen LogP contribution is -2.28. The van der Waals surface area contributed by atoms with Crippen molar-refractivity contribution < 1.29 is 5.11 Å². The zero-order valence-corrected chi connectivity index (χ0v) is 17.8. The highest BCUT2D eigenvalue weighted by Crippen LogP contribution is 2.33. The van der Waals surface area contributed by atoms with E-state index in [0.717, 1.165) is 71.0 Å². The molecule has 4 aromatic rings. The Morgan fingerprint density at radius 2 is 1.87 bits per heavy atom. The number of pyridine rings is 1. The van der Waals surface area contributed by atoms with Crippen molar-refractivity contribution in [2.24, 2.45) is 5.92 Å². The van der Waals surface area contributed by atoms with Crippen LogP contribution in [0.3, 0.4) is 0 Å². The fourth-order valence-electron chi connectivity index (χ4n) is 4.54. The summed E-state index contributed by atoms with van der Waals surface area (Å²) in [5.74, 6) is 1.90. The van der Waals surface area contributed by atoms with E-state index in [1.165, 1.54) is 12.8 Å². The van der Waals surface area contributed by atoms with Gasteiger partial charge in [0, 0.05) is 22.5 Å². The smallest absolute Gasteiger partial charge is 0.141 e. The Bertz CT molecular complexity index is 1210. The van der Waals surface area contributed by atoms with Crippen LogP contribution < -0.4 is 5.32 Å². The topological polar surface area (TPSA) is 63.0 Å². The second-order valence-corrected chi connectivity index (χ2v) is 8.61. The summed E-state index contributed by atoms with van der Waals surface area (Å²) >= 11 is 6.25. The fraction of sp³-hybridized carbons (Fsp3) is 0.333. The van der Waals surface area contributed by atoms with Crippen LogP contribution in [-0.4, -0.2) is 32.7 Å². The molecule has 0 atom stereocenters. The summed E-state index contributed by atoms with van der Waals surface area (Å²) in [5.41, 5.74) is 4.84. The highest BCUT2D eigenvalue weighted by atomic mass is 35.5.